The van der Waals surface area contributed by atoms with Gasteiger partial charge >= 0.3 is 6.61 Å². The van der Waals surface area contributed by atoms with Crippen molar-refractivity contribution in [2.75, 3.05) is 23.7 Å². The van der Waals surface area contributed by atoms with Crippen LogP contribution in [-0.4, -0.2) is 46.9 Å². The first-order chi connectivity index (χ1) is 20.3. The Morgan fingerprint density at radius 1 is 1.05 bits per heavy atom. The molecule has 10 heteroatoms. The lowest BCUT2D eigenvalue weighted by atomic mass is 9.71. The van der Waals surface area contributed by atoms with Gasteiger partial charge in [-0.2, -0.15) is 19.0 Å². The molecule has 0 spiro atoms. The predicted molar refractivity (Wildman–Crippen MR) is 160 cm³/mol. The van der Waals surface area contributed by atoms with E-state index < -0.39 is 6.61 Å². The second-order valence-corrected chi connectivity index (χ2v) is 12.1. The summed E-state index contributed by atoms with van der Waals surface area (Å²) in [7, 11) is 0. The largest absolute Gasteiger partial charge is 0.434 e. The molecular weight excluding hydrogens is 538 g/mol. The van der Waals surface area contributed by atoms with Crippen molar-refractivity contribution in [3.05, 3.63) is 41.6 Å². The van der Waals surface area contributed by atoms with Gasteiger partial charge in [0.15, 0.2) is 0 Å². The van der Waals surface area contributed by atoms with Crippen LogP contribution in [0.3, 0.4) is 0 Å². The molecule has 42 heavy (non-hydrogen) atoms. The second-order valence-electron chi connectivity index (χ2n) is 12.1. The highest BCUT2D eigenvalue weighted by Gasteiger charge is 2.32. The number of nitrogens with one attached hydrogen (secondary N) is 3. The van der Waals surface area contributed by atoms with E-state index in [1.165, 1.54) is 31.5 Å². The molecule has 2 aromatic rings. The van der Waals surface area contributed by atoms with E-state index in [1.807, 2.05) is 0 Å². The Morgan fingerprint density at radius 2 is 1.81 bits per heavy atom. The zero-order valence-corrected chi connectivity index (χ0v) is 24.9. The van der Waals surface area contributed by atoms with E-state index in [2.05, 4.69) is 50.6 Å². The molecule has 8 nitrogen and oxygen atoms in total. The van der Waals surface area contributed by atoms with Crippen LogP contribution < -0.4 is 20.7 Å². The molecule has 0 bridgehead atoms. The quantitative estimate of drug-likeness (QED) is 0.204. The monoisotopic (exact) mass is 584 g/mol. The van der Waals surface area contributed by atoms with Gasteiger partial charge in [0.05, 0.1) is 12.3 Å². The average Bonchev–Trinajstić information content (AvgIpc) is 2.99. The molecule has 0 saturated heterocycles. The third kappa shape index (κ3) is 9.50. The molecule has 2 saturated carbocycles. The van der Waals surface area contributed by atoms with Crippen molar-refractivity contribution in [2.24, 2.45) is 23.7 Å². The Labute approximate surface area is 248 Å². The van der Waals surface area contributed by atoms with Crippen LogP contribution in [0, 0.1) is 35.0 Å². The number of nitriles is 1. The van der Waals surface area contributed by atoms with Crippen LogP contribution in [0.25, 0.3) is 0 Å². The Bertz CT molecular complexity index is 1150. The third-order valence-electron chi connectivity index (χ3n) is 8.98. The summed E-state index contributed by atoms with van der Waals surface area (Å²) >= 11 is 0. The van der Waals surface area contributed by atoms with Crippen LogP contribution in [0.5, 0.6) is 5.75 Å². The fraction of sp³-hybridized carbons (Fsp3) is 0.656. The number of hydrogen-bond donors (Lipinski definition) is 4. The first-order valence-electron chi connectivity index (χ1n) is 15.5. The SMILES string of the molecule is CCCC1C[C@@H](CNc2nc(NCc3ccccc3OC(F)F)ncc2C#N)C[C@H]([C@H](C)NC[C@H]2CC[C@@H](O)CC2)C1. The predicted octanol–water partition coefficient (Wildman–Crippen LogP) is 6.34. The van der Waals surface area contributed by atoms with E-state index in [4.69, 9.17) is 0 Å². The zero-order valence-electron chi connectivity index (χ0n) is 24.9. The topological polar surface area (TPSA) is 115 Å². The molecule has 1 unspecified atom stereocenters. The van der Waals surface area contributed by atoms with Gasteiger partial charge in [0.25, 0.3) is 0 Å². The fourth-order valence-electron chi connectivity index (χ4n) is 6.66. The molecule has 4 N–H and O–H groups in total. The molecule has 2 fully saturated rings. The maximum absolute atomic E-state index is 12.8. The minimum atomic E-state index is -2.91. The summed E-state index contributed by atoms with van der Waals surface area (Å²) in [6.45, 7) is 3.61. The van der Waals surface area contributed by atoms with Crippen molar-refractivity contribution >= 4 is 11.8 Å². The number of rotatable bonds is 14. The van der Waals surface area contributed by atoms with Gasteiger partial charge in [-0.3, -0.25) is 0 Å². The molecule has 0 amide bonds. The summed E-state index contributed by atoms with van der Waals surface area (Å²) in [6.07, 6.45) is 11.3. The lowest BCUT2D eigenvalue weighted by Crippen LogP contribution is -2.42. The lowest BCUT2D eigenvalue weighted by molar-refractivity contribution is -0.0504. The summed E-state index contributed by atoms with van der Waals surface area (Å²) in [5.74, 6) is 3.27. The maximum Gasteiger partial charge on any atom is 0.387 e. The van der Waals surface area contributed by atoms with Crippen molar-refractivity contribution in [1.82, 2.24) is 15.3 Å². The van der Waals surface area contributed by atoms with Crippen molar-refractivity contribution in [3.8, 4) is 11.8 Å². The molecule has 0 radical (unpaired) electrons. The first-order valence-corrected chi connectivity index (χ1v) is 15.5. The number of anilines is 2. The van der Waals surface area contributed by atoms with Crippen LogP contribution in [-0.2, 0) is 6.54 Å². The normalized spacial score (nSPS) is 25.0. The fourth-order valence-corrected chi connectivity index (χ4v) is 6.66. The van der Waals surface area contributed by atoms with Crippen molar-refractivity contribution in [1.29, 1.82) is 5.26 Å². The highest BCUT2D eigenvalue weighted by Crippen LogP contribution is 2.38. The highest BCUT2D eigenvalue weighted by molar-refractivity contribution is 5.53. The summed E-state index contributed by atoms with van der Waals surface area (Å²) in [5, 5.41) is 29.9. The second kappa shape index (κ2) is 16.0. The Kier molecular flexibility index (Phi) is 12.1. The number of para-hydroxylation sites is 1. The summed E-state index contributed by atoms with van der Waals surface area (Å²) in [5.41, 5.74) is 0.923. The number of hydrogen-bond acceptors (Lipinski definition) is 8. The Morgan fingerprint density at radius 3 is 2.55 bits per heavy atom. The Balaban J connectivity index is 1.35. The van der Waals surface area contributed by atoms with E-state index in [1.54, 1.807) is 18.2 Å². The molecule has 1 aromatic carbocycles. The van der Waals surface area contributed by atoms with E-state index in [9.17, 15) is 19.1 Å². The average molecular weight is 585 g/mol. The first kappa shape index (κ1) is 31.9. The molecule has 1 aromatic heterocycles. The van der Waals surface area contributed by atoms with Gasteiger partial charge in [-0.05, 0) is 88.2 Å². The number of benzene rings is 1. The molecule has 4 rings (SSSR count). The van der Waals surface area contributed by atoms with Crippen LogP contribution in [0.15, 0.2) is 30.5 Å². The zero-order chi connectivity index (χ0) is 29.9. The number of aromatic nitrogens is 2. The van der Waals surface area contributed by atoms with Crippen LogP contribution >= 0.6 is 0 Å². The van der Waals surface area contributed by atoms with Crippen LogP contribution in [0.1, 0.15) is 82.8 Å². The van der Waals surface area contributed by atoms with Gasteiger partial charge in [-0.15, -0.1) is 0 Å². The van der Waals surface area contributed by atoms with E-state index >= 15 is 0 Å². The van der Waals surface area contributed by atoms with Crippen molar-refractivity contribution < 1.29 is 18.6 Å². The summed E-state index contributed by atoms with van der Waals surface area (Å²) in [6, 6.07) is 9.20. The van der Waals surface area contributed by atoms with E-state index in [-0.39, 0.29) is 18.4 Å². The van der Waals surface area contributed by atoms with Gasteiger partial charge in [-0.25, -0.2) is 4.98 Å². The van der Waals surface area contributed by atoms with Crippen molar-refractivity contribution in [2.45, 2.75) is 96.9 Å². The Hall–Kier alpha value is -3.03. The number of ether oxygens (including phenoxy) is 1. The maximum atomic E-state index is 12.8. The molecule has 2 aliphatic rings. The third-order valence-corrected chi connectivity index (χ3v) is 8.98. The lowest BCUT2D eigenvalue weighted by Gasteiger charge is -2.39. The van der Waals surface area contributed by atoms with Gasteiger partial charge in [-0.1, -0.05) is 38.0 Å². The molecule has 2 aliphatic carbocycles. The van der Waals surface area contributed by atoms with Crippen LogP contribution in [0.2, 0.25) is 0 Å². The molecular formula is C32H46F2N6O2. The summed E-state index contributed by atoms with van der Waals surface area (Å²) in [4.78, 5) is 8.80. The molecule has 230 valence electrons. The minimum absolute atomic E-state index is 0.0988. The minimum Gasteiger partial charge on any atom is -0.434 e. The highest BCUT2D eigenvalue weighted by atomic mass is 19.3. The van der Waals surface area contributed by atoms with E-state index in [0.717, 1.165) is 51.6 Å². The summed E-state index contributed by atoms with van der Waals surface area (Å²) < 4.78 is 30.2. The van der Waals surface area contributed by atoms with E-state index in [0.29, 0.717) is 52.6 Å². The van der Waals surface area contributed by atoms with Gasteiger partial charge in [0, 0.05) is 24.7 Å². The molecule has 4 atom stereocenters. The smallest absolute Gasteiger partial charge is 0.387 e. The number of aliphatic hydroxyl groups excluding tert-OH is 1. The standard InChI is InChI=1S/C32H46F2N6O2/c1-3-6-23-13-24(15-26(14-23)21(2)36-17-22-9-11-28(41)12-10-22)18-37-30-27(16-35)20-39-32(40-30)38-19-25-7-4-5-8-29(25)42-31(33)34/h4-5,7-8,20-24,26,28,31,36,41H,3,6,9-15,17-19H2,1-2H3,(H2,37,38,39,40)/t21-,22-,23?,24+,26+,28+/m0/s1. The molecule has 1 heterocycles. The van der Waals surface area contributed by atoms with Gasteiger partial charge in [0.1, 0.15) is 23.2 Å². The van der Waals surface area contributed by atoms with Gasteiger partial charge in [0.2, 0.25) is 5.95 Å². The number of nitrogens with zero attached hydrogens (tertiary/aromatic N) is 3. The van der Waals surface area contributed by atoms with Crippen molar-refractivity contribution in [3.63, 3.8) is 0 Å². The number of alkyl halides is 2. The van der Waals surface area contributed by atoms with Crippen LogP contribution in [0.4, 0.5) is 20.5 Å². The number of aliphatic hydroxyl groups is 1. The number of halogens is 2. The molecule has 0 aliphatic heterocycles. The van der Waals surface area contributed by atoms with Gasteiger partial charge < -0.3 is 25.8 Å².